The van der Waals surface area contributed by atoms with Crippen LogP contribution in [0.1, 0.15) is 6.42 Å². The molecule has 3 nitrogen and oxygen atoms in total. The summed E-state index contributed by atoms with van der Waals surface area (Å²) in [4.78, 5) is 9.88. The normalized spacial score (nSPS) is 12.4. The second kappa shape index (κ2) is 6.30. The summed E-state index contributed by atoms with van der Waals surface area (Å²) in [6.07, 6.45) is -3.20. The molecule has 0 saturated carbocycles. The lowest BCUT2D eigenvalue weighted by Crippen LogP contribution is -2.24. The van der Waals surface area contributed by atoms with E-state index in [-0.39, 0.29) is 19.0 Å². The molecule has 1 atom stereocenters. The van der Waals surface area contributed by atoms with Gasteiger partial charge in [0.2, 0.25) is 6.43 Å². The third kappa shape index (κ3) is 6.00. The highest BCUT2D eigenvalue weighted by Gasteiger charge is 2.21. The van der Waals surface area contributed by atoms with Crippen molar-refractivity contribution in [3.8, 4) is 0 Å². The molecule has 11 heavy (non-hydrogen) atoms. The van der Waals surface area contributed by atoms with Crippen molar-refractivity contribution in [2.45, 2.75) is 12.8 Å². The minimum atomic E-state index is -2.64. The van der Waals surface area contributed by atoms with Crippen molar-refractivity contribution < 1.29 is 18.7 Å². The average molecular weight is 190 g/mol. The molecule has 0 aromatic carbocycles. The van der Waals surface area contributed by atoms with Crippen LogP contribution in [0, 0.1) is 5.92 Å². The monoisotopic (exact) mass is 189 g/mol. The van der Waals surface area contributed by atoms with Crippen LogP contribution in [0.25, 0.3) is 0 Å². The summed E-state index contributed by atoms with van der Waals surface area (Å²) in [5.74, 6) is -2.45. The minimum Gasteiger partial charge on any atom is -0.481 e. The Morgan fingerprint density at radius 2 is 2.00 bits per heavy atom. The largest absolute Gasteiger partial charge is 0.481 e. The lowest BCUT2D eigenvalue weighted by Gasteiger charge is -2.09. The van der Waals surface area contributed by atoms with Crippen molar-refractivity contribution in [1.29, 1.82) is 0 Å². The topological polar surface area (TPSA) is 63.3 Å². The van der Waals surface area contributed by atoms with Gasteiger partial charge in [-0.25, -0.2) is 8.78 Å². The van der Waals surface area contributed by atoms with Gasteiger partial charge in [-0.3, -0.25) is 4.79 Å². The maximum atomic E-state index is 11.7. The standard InChI is InChI=1S/C5H9F2NO2.ClH/c6-5(7)3(2-8)1-4(9)10;/h3,5H,1-2,8H2,(H,9,10);1H. The first-order valence-corrected chi connectivity index (χ1v) is 2.78. The summed E-state index contributed by atoms with van der Waals surface area (Å²) in [5.41, 5.74) is 4.88. The lowest BCUT2D eigenvalue weighted by molar-refractivity contribution is -0.139. The van der Waals surface area contributed by atoms with Crippen molar-refractivity contribution in [2.75, 3.05) is 6.54 Å². The van der Waals surface area contributed by atoms with Crippen molar-refractivity contribution in [2.24, 2.45) is 11.7 Å². The molecule has 0 aromatic rings. The third-order valence-corrected chi connectivity index (χ3v) is 1.10. The molecule has 1 unspecified atom stereocenters. The van der Waals surface area contributed by atoms with E-state index in [0.29, 0.717) is 0 Å². The molecule has 0 heterocycles. The van der Waals surface area contributed by atoms with E-state index in [1.54, 1.807) is 0 Å². The first kappa shape index (κ1) is 13.2. The summed E-state index contributed by atoms with van der Waals surface area (Å²) >= 11 is 0. The van der Waals surface area contributed by atoms with Crippen LogP contribution in [0.5, 0.6) is 0 Å². The van der Waals surface area contributed by atoms with Gasteiger partial charge in [-0.2, -0.15) is 0 Å². The first-order chi connectivity index (χ1) is 4.57. The van der Waals surface area contributed by atoms with Gasteiger partial charge in [-0.05, 0) is 0 Å². The maximum absolute atomic E-state index is 11.7. The minimum absolute atomic E-state index is 0. The number of carboxylic acid groups (broad SMARTS) is 1. The molecule has 0 amide bonds. The number of nitrogens with two attached hydrogens (primary N) is 1. The van der Waals surface area contributed by atoms with Gasteiger partial charge in [0.25, 0.3) is 0 Å². The second-order valence-corrected chi connectivity index (χ2v) is 1.93. The predicted octanol–water partition coefficient (Wildman–Crippen LogP) is 0.723. The Kier molecular flexibility index (Phi) is 7.55. The van der Waals surface area contributed by atoms with Gasteiger partial charge in [0.05, 0.1) is 6.42 Å². The molecular formula is C5H10ClF2NO2. The van der Waals surface area contributed by atoms with Crippen LogP contribution in [-0.2, 0) is 4.79 Å². The predicted molar refractivity (Wildman–Crippen MR) is 38.0 cm³/mol. The van der Waals surface area contributed by atoms with Gasteiger partial charge in [-0.15, -0.1) is 12.4 Å². The molecule has 0 saturated heterocycles. The quantitative estimate of drug-likeness (QED) is 0.685. The van der Waals surface area contributed by atoms with Gasteiger partial charge in [0.15, 0.2) is 0 Å². The summed E-state index contributed by atoms with van der Waals surface area (Å²) in [5, 5.41) is 8.07. The Balaban J connectivity index is 0. The fraction of sp³-hybridized carbons (Fsp3) is 0.800. The number of halogens is 3. The number of hydrogen-bond donors (Lipinski definition) is 2. The number of rotatable bonds is 4. The smallest absolute Gasteiger partial charge is 0.303 e. The molecule has 0 aliphatic heterocycles. The fourth-order valence-corrected chi connectivity index (χ4v) is 0.500. The van der Waals surface area contributed by atoms with Crippen molar-refractivity contribution in [1.82, 2.24) is 0 Å². The highest BCUT2D eigenvalue weighted by molar-refractivity contribution is 5.85. The van der Waals surface area contributed by atoms with Gasteiger partial charge < -0.3 is 10.8 Å². The number of carboxylic acids is 1. The van der Waals surface area contributed by atoms with Crippen LogP contribution in [0.4, 0.5) is 8.78 Å². The average Bonchev–Trinajstić information content (AvgIpc) is 1.81. The Hall–Kier alpha value is -0.420. The molecule has 68 valence electrons. The van der Waals surface area contributed by atoms with Crippen LogP contribution in [0.2, 0.25) is 0 Å². The maximum Gasteiger partial charge on any atom is 0.303 e. The first-order valence-electron chi connectivity index (χ1n) is 2.78. The van der Waals surface area contributed by atoms with Crippen LogP contribution in [-0.4, -0.2) is 24.0 Å². The van der Waals surface area contributed by atoms with Gasteiger partial charge >= 0.3 is 5.97 Å². The third-order valence-electron chi connectivity index (χ3n) is 1.10. The van der Waals surface area contributed by atoms with Crippen LogP contribution < -0.4 is 5.73 Å². The zero-order chi connectivity index (χ0) is 8.15. The Labute approximate surface area is 69.0 Å². The van der Waals surface area contributed by atoms with Gasteiger partial charge in [0.1, 0.15) is 0 Å². The number of carbonyl (C=O) groups is 1. The Bertz CT molecular complexity index is 123. The molecule has 0 aliphatic carbocycles. The summed E-state index contributed by atoms with van der Waals surface area (Å²) in [6.45, 7) is -0.288. The van der Waals surface area contributed by atoms with E-state index >= 15 is 0 Å². The highest BCUT2D eigenvalue weighted by Crippen LogP contribution is 2.11. The molecule has 3 N–H and O–H groups in total. The number of hydrogen-bond acceptors (Lipinski definition) is 2. The summed E-state index contributed by atoms with van der Waals surface area (Å²) in [7, 11) is 0. The summed E-state index contributed by atoms with van der Waals surface area (Å²) < 4.78 is 23.4. The van der Waals surface area contributed by atoms with E-state index in [9.17, 15) is 13.6 Å². The van der Waals surface area contributed by atoms with Crippen molar-refractivity contribution >= 4 is 18.4 Å². The Morgan fingerprint density at radius 3 is 2.09 bits per heavy atom. The molecule has 6 heteroatoms. The molecule has 0 spiro atoms. The second-order valence-electron chi connectivity index (χ2n) is 1.93. The lowest BCUT2D eigenvalue weighted by atomic mass is 10.1. The van der Waals surface area contributed by atoms with E-state index in [1.165, 1.54) is 0 Å². The van der Waals surface area contributed by atoms with Crippen LogP contribution in [0.3, 0.4) is 0 Å². The molecular weight excluding hydrogens is 180 g/mol. The van der Waals surface area contributed by atoms with Gasteiger partial charge in [-0.1, -0.05) is 0 Å². The molecule has 0 radical (unpaired) electrons. The van der Waals surface area contributed by atoms with Gasteiger partial charge in [0, 0.05) is 12.5 Å². The SMILES string of the molecule is Cl.NCC(CC(=O)O)C(F)F. The molecule has 0 aliphatic rings. The van der Waals surface area contributed by atoms with E-state index in [0.717, 1.165) is 0 Å². The van der Waals surface area contributed by atoms with E-state index in [1.807, 2.05) is 0 Å². The van der Waals surface area contributed by atoms with Crippen molar-refractivity contribution in [3.63, 3.8) is 0 Å². The van der Waals surface area contributed by atoms with E-state index in [2.05, 4.69) is 0 Å². The molecule has 0 bridgehead atoms. The zero-order valence-corrected chi connectivity index (χ0v) is 6.48. The number of aliphatic carboxylic acids is 1. The van der Waals surface area contributed by atoms with Crippen LogP contribution >= 0.6 is 12.4 Å². The van der Waals surface area contributed by atoms with E-state index < -0.39 is 24.7 Å². The Morgan fingerprint density at radius 1 is 1.55 bits per heavy atom. The summed E-state index contributed by atoms with van der Waals surface area (Å²) in [6, 6.07) is 0. The fourth-order valence-electron chi connectivity index (χ4n) is 0.500. The van der Waals surface area contributed by atoms with Crippen LogP contribution in [0.15, 0.2) is 0 Å². The number of alkyl halides is 2. The molecule has 0 aromatic heterocycles. The van der Waals surface area contributed by atoms with Crippen molar-refractivity contribution in [3.05, 3.63) is 0 Å². The molecule has 0 fully saturated rings. The highest BCUT2D eigenvalue weighted by atomic mass is 35.5. The zero-order valence-electron chi connectivity index (χ0n) is 5.67. The van der Waals surface area contributed by atoms with E-state index in [4.69, 9.17) is 10.8 Å². The molecule has 0 rings (SSSR count).